The van der Waals surface area contributed by atoms with E-state index in [9.17, 15) is 0 Å². The molecule has 0 radical (unpaired) electrons. The van der Waals surface area contributed by atoms with E-state index < -0.39 is 0 Å². The highest BCUT2D eigenvalue weighted by Crippen LogP contribution is 2.32. The van der Waals surface area contributed by atoms with Crippen molar-refractivity contribution < 1.29 is 4.42 Å². The summed E-state index contributed by atoms with van der Waals surface area (Å²) in [6.07, 6.45) is 0. The fourth-order valence-corrected chi connectivity index (χ4v) is 3.26. The molecule has 114 valence electrons. The predicted molar refractivity (Wildman–Crippen MR) is 90.4 cm³/mol. The van der Waals surface area contributed by atoms with Crippen molar-refractivity contribution in [2.24, 2.45) is 0 Å². The van der Waals surface area contributed by atoms with E-state index in [0.29, 0.717) is 19.0 Å². The normalized spacial score (nSPS) is 10.9. The molecule has 0 spiro atoms. The number of benzene rings is 1. The summed E-state index contributed by atoms with van der Waals surface area (Å²) in [5.41, 5.74) is 1.01. The molecule has 0 aliphatic rings. The Balaban J connectivity index is 1.74. The van der Waals surface area contributed by atoms with Crippen molar-refractivity contribution in [1.82, 2.24) is 20.2 Å². The molecule has 6 nitrogen and oxygen atoms in total. The maximum Gasteiger partial charge on any atom is 0.243 e. The van der Waals surface area contributed by atoms with Crippen LogP contribution in [-0.2, 0) is 13.1 Å². The second-order valence-electron chi connectivity index (χ2n) is 4.56. The Hall–Kier alpha value is -1.67. The van der Waals surface area contributed by atoms with Crippen LogP contribution in [0.15, 0.2) is 43.7 Å². The van der Waals surface area contributed by atoms with Gasteiger partial charge in [-0.3, -0.25) is 0 Å². The lowest BCUT2D eigenvalue weighted by molar-refractivity contribution is 0.529. The molecule has 0 fully saturated rings. The zero-order valence-corrected chi connectivity index (χ0v) is 14.9. The number of hydrogen-bond acceptors (Lipinski definition) is 5. The van der Waals surface area contributed by atoms with Gasteiger partial charge in [0.25, 0.3) is 0 Å². The van der Waals surface area contributed by atoms with Crippen LogP contribution in [0.1, 0.15) is 12.7 Å². The van der Waals surface area contributed by atoms with Gasteiger partial charge in [0, 0.05) is 21.1 Å². The minimum atomic E-state index is 0.522. The third-order valence-corrected chi connectivity index (χ3v) is 4.26. The van der Waals surface area contributed by atoms with Gasteiger partial charge in [-0.05, 0) is 63.6 Å². The first-order valence-corrected chi connectivity index (χ1v) is 8.30. The second kappa shape index (κ2) is 6.62. The van der Waals surface area contributed by atoms with E-state index >= 15 is 0 Å². The zero-order chi connectivity index (χ0) is 15.5. The van der Waals surface area contributed by atoms with E-state index in [2.05, 4.69) is 52.7 Å². The van der Waals surface area contributed by atoms with Crippen LogP contribution in [0.4, 0.5) is 5.95 Å². The predicted octanol–water partition coefficient (Wildman–Crippen LogP) is 4.09. The van der Waals surface area contributed by atoms with E-state index in [1.54, 1.807) is 4.68 Å². The lowest BCUT2D eigenvalue weighted by Gasteiger charge is -2.04. The molecule has 0 aliphatic carbocycles. The average molecular weight is 427 g/mol. The number of rotatable bonds is 5. The topological polar surface area (TPSA) is 68.8 Å². The van der Waals surface area contributed by atoms with Gasteiger partial charge in [-0.15, -0.1) is 0 Å². The number of nitrogens with zero attached hydrogens (tertiary/aromatic N) is 4. The number of halogens is 2. The van der Waals surface area contributed by atoms with Crippen LogP contribution in [0.5, 0.6) is 0 Å². The number of tetrazole rings is 1. The number of hydrogen-bond donors (Lipinski definition) is 1. The van der Waals surface area contributed by atoms with Crippen LogP contribution in [0.2, 0.25) is 0 Å². The van der Waals surface area contributed by atoms with Crippen molar-refractivity contribution in [2.75, 3.05) is 5.32 Å². The van der Waals surface area contributed by atoms with Gasteiger partial charge in [0.2, 0.25) is 5.95 Å². The molecule has 1 aromatic carbocycles. The largest absolute Gasteiger partial charge is 0.459 e. The summed E-state index contributed by atoms with van der Waals surface area (Å²) >= 11 is 6.99. The molecule has 2 heterocycles. The molecule has 0 bridgehead atoms. The van der Waals surface area contributed by atoms with Crippen LogP contribution < -0.4 is 5.32 Å². The molecule has 0 unspecified atom stereocenters. The van der Waals surface area contributed by atoms with Crippen molar-refractivity contribution in [3.8, 4) is 11.3 Å². The smallest absolute Gasteiger partial charge is 0.243 e. The maximum absolute atomic E-state index is 5.88. The first kappa shape index (κ1) is 15.2. The van der Waals surface area contributed by atoms with Gasteiger partial charge in [0.05, 0.1) is 6.54 Å². The summed E-state index contributed by atoms with van der Waals surface area (Å²) in [5.74, 6) is 2.26. The summed E-state index contributed by atoms with van der Waals surface area (Å²) in [6, 6.07) is 9.87. The van der Waals surface area contributed by atoms with Gasteiger partial charge < -0.3 is 9.73 Å². The maximum atomic E-state index is 5.88. The van der Waals surface area contributed by atoms with Gasteiger partial charge in [0.1, 0.15) is 11.5 Å². The first-order valence-electron chi connectivity index (χ1n) is 6.71. The Morgan fingerprint density at radius 2 is 2.09 bits per heavy atom. The quantitative estimate of drug-likeness (QED) is 0.665. The van der Waals surface area contributed by atoms with Gasteiger partial charge in [0.15, 0.2) is 0 Å². The van der Waals surface area contributed by atoms with E-state index in [1.807, 2.05) is 37.3 Å². The standard InChI is InChI=1S/C14H13Br2N5O/c1-2-21-14(18-19-20-21)17-8-10-4-6-13(22-10)11-5-3-9(15)7-12(11)16/h3-7H,2,8H2,1H3,(H,17,18,20). The Labute approximate surface area is 144 Å². The van der Waals surface area contributed by atoms with Crippen molar-refractivity contribution in [3.05, 3.63) is 45.0 Å². The first-order chi connectivity index (χ1) is 10.7. The molecule has 0 saturated heterocycles. The molecule has 0 amide bonds. The van der Waals surface area contributed by atoms with Crippen LogP contribution in [-0.4, -0.2) is 20.2 Å². The minimum absolute atomic E-state index is 0.522. The molecule has 8 heteroatoms. The summed E-state index contributed by atoms with van der Waals surface area (Å²) < 4.78 is 9.56. The number of furan rings is 1. The zero-order valence-electron chi connectivity index (χ0n) is 11.8. The lowest BCUT2D eigenvalue weighted by atomic mass is 10.2. The summed E-state index contributed by atoms with van der Waals surface area (Å²) in [5, 5.41) is 14.6. The van der Waals surface area contributed by atoms with Gasteiger partial charge >= 0.3 is 0 Å². The van der Waals surface area contributed by atoms with E-state index in [4.69, 9.17) is 4.42 Å². The van der Waals surface area contributed by atoms with Crippen molar-refractivity contribution >= 4 is 37.8 Å². The van der Waals surface area contributed by atoms with Crippen LogP contribution in [0.3, 0.4) is 0 Å². The fraction of sp³-hybridized carbons (Fsp3) is 0.214. The molecule has 3 rings (SSSR count). The van der Waals surface area contributed by atoms with Crippen molar-refractivity contribution in [2.45, 2.75) is 20.0 Å². The third kappa shape index (κ3) is 3.22. The molecule has 2 aromatic heterocycles. The van der Waals surface area contributed by atoms with Crippen molar-refractivity contribution in [3.63, 3.8) is 0 Å². The highest BCUT2D eigenvalue weighted by Gasteiger charge is 2.10. The summed E-state index contributed by atoms with van der Waals surface area (Å²) in [4.78, 5) is 0. The number of aryl methyl sites for hydroxylation is 1. The third-order valence-electron chi connectivity index (χ3n) is 3.11. The van der Waals surface area contributed by atoms with E-state index in [1.165, 1.54) is 0 Å². The van der Waals surface area contributed by atoms with E-state index in [-0.39, 0.29) is 0 Å². The lowest BCUT2D eigenvalue weighted by Crippen LogP contribution is -2.07. The second-order valence-corrected chi connectivity index (χ2v) is 6.33. The summed E-state index contributed by atoms with van der Waals surface area (Å²) in [6.45, 7) is 3.22. The Bertz CT molecular complexity index is 783. The molecule has 0 saturated carbocycles. The molecule has 0 atom stereocenters. The van der Waals surface area contributed by atoms with Crippen LogP contribution in [0, 0.1) is 0 Å². The highest BCUT2D eigenvalue weighted by atomic mass is 79.9. The molecule has 0 aliphatic heterocycles. The van der Waals surface area contributed by atoms with Gasteiger partial charge in [-0.2, -0.15) is 0 Å². The SMILES string of the molecule is CCn1nnnc1NCc1ccc(-c2ccc(Br)cc2Br)o1. The minimum Gasteiger partial charge on any atom is -0.459 e. The number of nitrogens with one attached hydrogen (secondary N) is 1. The molecule has 1 N–H and O–H groups in total. The number of anilines is 1. The van der Waals surface area contributed by atoms with Crippen molar-refractivity contribution in [1.29, 1.82) is 0 Å². The van der Waals surface area contributed by atoms with Crippen LogP contribution >= 0.6 is 31.9 Å². The Morgan fingerprint density at radius 1 is 1.23 bits per heavy atom. The number of aromatic nitrogens is 4. The summed E-state index contributed by atoms with van der Waals surface area (Å²) in [7, 11) is 0. The van der Waals surface area contributed by atoms with E-state index in [0.717, 1.165) is 26.0 Å². The monoisotopic (exact) mass is 425 g/mol. The molecular formula is C14H13Br2N5O. The highest BCUT2D eigenvalue weighted by molar-refractivity contribution is 9.11. The van der Waals surface area contributed by atoms with Gasteiger partial charge in [-0.25, -0.2) is 4.68 Å². The molecular weight excluding hydrogens is 414 g/mol. The molecule has 22 heavy (non-hydrogen) atoms. The molecule has 3 aromatic rings. The Kier molecular flexibility index (Phi) is 4.58. The van der Waals surface area contributed by atoms with Gasteiger partial charge in [-0.1, -0.05) is 21.0 Å². The fourth-order valence-electron chi connectivity index (χ4n) is 2.02. The Morgan fingerprint density at radius 3 is 2.86 bits per heavy atom. The average Bonchev–Trinajstić information content (AvgIpc) is 3.13. The van der Waals surface area contributed by atoms with Crippen LogP contribution in [0.25, 0.3) is 11.3 Å².